The minimum Gasteiger partial charge on any atom is -0.423 e. The summed E-state index contributed by atoms with van der Waals surface area (Å²) >= 11 is 6.30. The Morgan fingerprint density at radius 3 is 2.43 bits per heavy atom. The van der Waals surface area contributed by atoms with Gasteiger partial charge in [0, 0.05) is 25.5 Å². The second-order valence-corrected chi connectivity index (χ2v) is 7.21. The lowest BCUT2D eigenvalue weighted by Crippen LogP contribution is -2.37. The van der Waals surface area contributed by atoms with Crippen LogP contribution >= 0.6 is 11.6 Å². The van der Waals surface area contributed by atoms with Gasteiger partial charge in [0.25, 0.3) is 5.56 Å². The molecule has 1 aromatic carbocycles. The van der Waals surface area contributed by atoms with Gasteiger partial charge in [-0.05, 0) is 54.3 Å². The van der Waals surface area contributed by atoms with Crippen LogP contribution in [0.5, 0.6) is 0 Å². The SMILES string of the molecule is Cc1cc2oc(=O)cc(Cn3c(Cl)nc4c3c(=O)n(C)c(=O)n4C)c2cc1C. The van der Waals surface area contributed by atoms with Crippen LogP contribution in [0.2, 0.25) is 5.28 Å². The van der Waals surface area contributed by atoms with E-state index in [2.05, 4.69) is 4.98 Å². The van der Waals surface area contributed by atoms with E-state index in [-0.39, 0.29) is 23.0 Å². The third kappa shape index (κ3) is 2.60. The molecule has 0 saturated carbocycles. The predicted molar refractivity (Wildman–Crippen MR) is 106 cm³/mol. The standard InChI is InChI=1S/C19H17ClN4O4/c1-9-5-12-11(7-14(25)28-13(12)6-10(9)2)8-24-15-16(21-18(24)20)22(3)19(27)23(4)17(15)26/h5-7H,8H2,1-4H3. The minimum atomic E-state index is -0.503. The largest absolute Gasteiger partial charge is 0.423 e. The maximum Gasteiger partial charge on any atom is 0.336 e. The monoisotopic (exact) mass is 400 g/mol. The van der Waals surface area contributed by atoms with Gasteiger partial charge in [-0.15, -0.1) is 0 Å². The van der Waals surface area contributed by atoms with Gasteiger partial charge in [0.05, 0.1) is 6.54 Å². The second kappa shape index (κ2) is 6.20. The quantitative estimate of drug-likeness (QED) is 0.378. The summed E-state index contributed by atoms with van der Waals surface area (Å²) in [7, 11) is 2.92. The highest BCUT2D eigenvalue weighted by molar-refractivity contribution is 6.29. The Morgan fingerprint density at radius 1 is 1.04 bits per heavy atom. The van der Waals surface area contributed by atoms with Crippen molar-refractivity contribution in [2.24, 2.45) is 14.1 Å². The molecular formula is C19H17ClN4O4. The lowest BCUT2D eigenvalue weighted by molar-refractivity contribution is 0.557. The molecule has 144 valence electrons. The summed E-state index contributed by atoms with van der Waals surface area (Å²) in [6.45, 7) is 4.04. The van der Waals surface area contributed by atoms with E-state index in [0.717, 1.165) is 21.1 Å². The molecule has 4 aromatic rings. The fraction of sp³-hybridized carbons (Fsp3) is 0.263. The summed E-state index contributed by atoms with van der Waals surface area (Å²) in [4.78, 5) is 41.1. The highest BCUT2D eigenvalue weighted by Gasteiger charge is 2.19. The molecule has 4 rings (SSSR count). The van der Waals surface area contributed by atoms with Crippen molar-refractivity contribution in [2.45, 2.75) is 20.4 Å². The van der Waals surface area contributed by atoms with Crippen LogP contribution in [0, 0.1) is 13.8 Å². The zero-order valence-corrected chi connectivity index (χ0v) is 16.5. The van der Waals surface area contributed by atoms with Gasteiger partial charge < -0.3 is 8.98 Å². The first kappa shape index (κ1) is 18.2. The molecule has 0 N–H and O–H groups in total. The van der Waals surface area contributed by atoms with Crippen molar-refractivity contribution in [2.75, 3.05) is 0 Å². The molecule has 0 aliphatic carbocycles. The Kier molecular flexibility index (Phi) is 4.04. The van der Waals surface area contributed by atoms with E-state index in [4.69, 9.17) is 16.0 Å². The van der Waals surface area contributed by atoms with Gasteiger partial charge in [0.2, 0.25) is 5.28 Å². The third-order valence-electron chi connectivity index (χ3n) is 5.07. The predicted octanol–water partition coefficient (Wildman–Crippen LogP) is 1.86. The maximum absolute atomic E-state index is 12.7. The van der Waals surface area contributed by atoms with Crippen LogP contribution in [-0.4, -0.2) is 18.7 Å². The highest BCUT2D eigenvalue weighted by atomic mass is 35.5. The lowest BCUT2D eigenvalue weighted by Gasteiger charge is -2.11. The molecule has 0 atom stereocenters. The van der Waals surface area contributed by atoms with E-state index in [1.165, 1.54) is 29.3 Å². The average Bonchev–Trinajstić information content (AvgIpc) is 2.96. The van der Waals surface area contributed by atoms with Gasteiger partial charge in [0.15, 0.2) is 11.2 Å². The molecule has 0 spiro atoms. The van der Waals surface area contributed by atoms with Gasteiger partial charge in [-0.3, -0.25) is 13.9 Å². The van der Waals surface area contributed by atoms with Crippen LogP contribution in [0.1, 0.15) is 16.7 Å². The number of nitrogens with zero attached hydrogens (tertiary/aromatic N) is 4. The topological polar surface area (TPSA) is 92.0 Å². The molecule has 0 aliphatic heterocycles. The summed E-state index contributed by atoms with van der Waals surface area (Å²) in [5.41, 5.74) is 2.06. The number of halogens is 1. The van der Waals surface area contributed by atoms with Gasteiger partial charge >= 0.3 is 11.3 Å². The molecular weight excluding hydrogens is 384 g/mol. The van der Waals surface area contributed by atoms with Crippen molar-refractivity contribution in [3.63, 3.8) is 0 Å². The Labute approximate surface area is 163 Å². The van der Waals surface area contributed by atoms with Crippen molar-refractivity contribution >= 4 is 33.7 Å². The fourth-order valence-electron chi connectivity index (χ4n) is 3.35. The van der Waals surface area contributed by atoms with Crippen LogP contribution in [-0.2, 0) is 20.6 Å². The summed E-state index contributed by atoms with van der Waals surface area (Å²) < 4.78 is 9.10. The zero-order valence-electron chi connectivity index (χ0n) is 15.7. The molecule has 0 unspecified atom stereocenters. The van der Waals surface area contributed by atoms with Gasteiger partial charge in [-0.1, -0.05) is 0 Å². The van der Waals surface area contributed by atoms with Crippen molar-refractivity contribution in [1.29, 1.82) is 0 Å². The smallest absolute Gasteiger partial charge is 0.336 e. The minimum absolute atomic E-state index is 0.0542. The van der Waals surface area contributed by atoms with Crippen LogP contribution in [0.15, 0.2) is 37.0 Å². The molecule has 0 aliphatic rings. The van der Waals surface area contributed by atoms with Crippen LogP contribution in [0.4, 0.5) is 0 Å². The number of rotatable bonds is 2. The highest BCUT2D eigenvalue weighted by Crippen LogP contribution is 2.24. The average molecular weight is 401 g/mol. The van der Waals surface area contributed by atoms with Crippen molar-refractivity contribution in [1.82, 2.24) is 18.7 Å². The molecule has 8 nitrogen and oxygen atoms in total. The van der Waals surface area contributed by atoms with E-state index < -0.39 is 16.9 Å². The van der Waals surface area contributed by atoms with Crippen molar-refractivity contribution in [3.05, 3.63) is 71.4 Å². The van der Waals surface area contributed by atoms with Crippen LogP contribution in [0.3, 0.4) is 0 Å². The van der Waals surface area contributed by atoms with Crippen LogP contribution < -0.4 is 16.9 Å². The Bertz CT molecular complexity index is 1460. The zero-order chi connectivity index (χ0) is 20.3. The molecule has 3 heterocycles. The van der Waals surface area contributed by atoms with E-state index >= 15 is 0 Å². The lowest BCUT2D eigenvalue weighted by atomic mass is 10.0. The van der Waals surface area contributed by atoms with Crippen molar-refractivity contribution < 1.29 is 4.42 Å². The van der Waals surface area contributed by atoms with Crippen molar-refractivity contribution in [3.8, 4) is 0 Å². The Hall–Kier alpha value is -3.13. The number of benzene rings is 1. The van der Waals surface area contributed by atoms with Crippen LogP contribution in [0.25, 0.3) is 22.1 Å². The van der Waals surface area contributed by atoms with E-state index in [1.54, 1.807) is 0 Å². The molecule has 0 saturated heterocycles. The van der Waals surface area contributed by atoms with E-state index in [9.17, 15) is 14.4 Å². The Balaban J connectivity index is 2.03. The number of aryl methyl sites for hydroxylation is 3. The molecule has 0 fully saturated rings. The number of imidazole rings is 1. The van der Waals surface area contributed by atoms with E-state index in [0.29, 0.717) is 11.1 Å². The first-order chi connectivity index (χ1) is 13.2. The molecule has 0 radical (unpaired) electrons. The number of hydrogen-bond acceptors (Lipinski definition) is 5. The molecule has 3 aromatic heterocycles. The van der Waals surface area contributed by atoms with E-state index in [1.807, 2.05) is 26.0 Å². The number of fused-ring (bicyclic) bond motifs is 2. The van der Waals surface area contributed by atoms with Gasteiger partial charge in [0.1, 0.15) is 5.58 Å². The number of hydrogen-bond donors (Lipinski definition) is 0. The second-order valence-electron chi connectivity index (χ2n) is 6.87. The summed E-state index contributed by atoms with van der Waals surface area (Å²) in [6.07, 6.45) is 0. The summed E-state index contributed by atoms with van der Waals surface area (Å²) in [5, 5.41) is 0.806. The third-order valence-corrected chi connectivity index (χ3v) is 5.36. The molecule has 0 amide bonds. The molecule has 28 heavy (non-hydrogen) atoms. The first-order valence-corrected chi connectivity index (χ1v) is 8.92. The van der Waals surface area contributed by atoms with Gasteiger partial charge in [-0.25, -0.2) is 9.59 Å². The van der Waals surface area contributed by atoms with Gasteiger partial charge in [-0.2, -0.15) is 4.98 Å². The summed E-state index contributed by atoms with van der Waals surface area (Å²) in [5.74, 6) is 0. The maximum atomic E-state index is 12.7. The first-order valence-electron chi connectivity index (χ1n) is 8.54. The summed E-state index contributed by atoms with van der Waals surface area (Å²) in [6, 6.07) is 5.13. The normalized spacial score (nSPS) is 11.6. The molecule has 0 bridgehead atoms. The number of aromatic nitrogens is 4. The molecule has 9 heteroatoms. The Morgan fingerprint density at radius 2 is 1.71 bits per heavy atom. The fourth-order valence-corrected chi connectivity index (χ4v) is 3.57.